The number of rotatable bonds is 5. The van der Waals surface area contributed by atoms with Crippen molar-refractivity contribution in [2.75, 3.05) is 14.2 Å². The van der Waals surface area contributed by atoms with E-state index in [1.165, 1.54) is 9.87 Å². The van der Waals surface area contributed by atoms with E-state index in [1.54, 1.807) is 20.2 Å². The van der Waals surface area contributed by atoms with Gasteiger partial charge in [0.25, 0.3) is 0 Å². The molecule has 0 heterocycles. The number of allylic oxidation sites excluding steroid dienone is 1. The molecule has 4 nitrogen and oxygen atoms in total. The number of ether oxygens (including phenoxy) is 1. The summed E-state index contributed by atoms with van der Waals surface area (Å²) >= 11 is 0. The van der Waals surface area contributed by atoms with Gasteiger partial charge >= 0.3 is 0 Å². The number of sulfonamides is 1. The third-order valence-electron chi connectivity index (χ3n) is 4.32. The first-order valence-corrected chi connectivity index (χ1v) is 9.32. The summed E-state index contributed by atoms with van der Waals surface area (Å²) in [5.41, 5.74) is 3.13. The zero-order chi connectivity index (χ0) is 17.2. The lowest BCUT2D eigenvalue weighted by Gasteiger charge is -2.22. The van der Waals surface area contributed by atoms with Crippen molar-refractivity contribution in [2.24, 2.45) is 0 Å². The maximum absolute atomic E-state index is 12.9. The fourth-order valence-corrected chi connectivity index (χ4v) is 4.24. The van der Waals surface area contributed by atoms with Gasteiger partial charge in [0.15, 0.2) is 0 Å². The lowest BCUT2D eigenvalue weighted by Crippen LogP contribution is -2.28. The van der Waals surface area contributed by atoms with E-state index in [9.17, 15) is 8.42 Å². The second-order valence-corrected chi connectivity index (χ2v) is 8.02. The highest BCUT2D eigenvalue weighted by atomic mass is 32.2. The molecule has 2 aromatic rings. The summed E-state index contributed by atoms with van der Waals surface area (Å²) in [5.74, 6) is 0.760. The quantitative estimate of drug-likeness (QED) is 0.835. The highest BCUT2D eigenvalue weighted by Crippen LogP contribution is 2.29. The Balaban J connectivity index is 1.81. The van der Waals surface area contributed by atoms with Gasteiger partial charge < -0.3 is 4.74 Å². The lowest BCUT2D eigenvalue weighted by atomic mass is 9.98. The molecule has 0 saturated carbocycles. The van der Waals surface area contributed by atoms with Crippen LogP contribution in [0.1, 0.15) is 23.1 Å². The fraction of sp³-hybridized carbons (Fsp3) is 0.263. The molecule has 0 aromatic heterocycles. The van der Waals surface area contributed by atoms with Crippen LogP contribution in [-0.4, -0.2) is 26.9 Å². The average Bonchev–Trinajstić information content (AvgIpc) is 2.61. The minimum atomic E-state index is -3.46. The lowest BCUT2D eigenvalue weighted by molar-refractivity contribution is 0.414. The number of fused-ring (bicyclic) bond motifs is 1. The molecule has 2 aromatic carbocycles. The maximum Gasteiger partial charge on any atom is 0.239 e. The Labute approximate surface area is 143 Å². The number of benzene rings is 2. The SMILES string of the molecule is COc1ccc(CN(C)S(=O)(=O)C2=Cc3ccccc3CC2)cc1. The van der Waals surface area contributed by atoms with E-state index >= 15 is 0 Å². The van der Waals surface area contributed by atoms with E-state index in [0.29, 0.717) is 17.9 Å². The van der Waals surface area contributed by atoms with Gasteiger partial charge in [-0.1, -0.05) is 36.4 Å². The minimum Gasteiger partial charge on any atom is -0.497 e. The normalized spacial score (nSPS) is 14.2. The zero-order valence-electron chi connectivity index (χ0n) is 13.9. The van der Waals surface area contributed by atoms with Crippen molar-refractivity contribution in [1.82, 2.24) is 4.31 Å². The third kappa shape index (κ3) is 3.37. The van der Waals surface area contributed by atoms with Crippen LogP contribution in [0.2, 0.25) is 0 Å². The van der Waals surface area contributed by atoms with Crippen LogP contribution in [0.25, 0.3) is 6.08 Å². The number of hydrogen-bond donors (Lipinski definition) is 0. The fourth-order valence-electron chi connectivity index (χ4n) is 2.88. The number of methoxy groups -OCH3 is 1. The van der Waals surface area contributed by atoms with Crippen LogP contribution in [0.15, 0.2) is 53.4 Å². The molecule has 0 aliphatic heterocycles. The van der Waals surface area contributed by atoms with Crippen LogP contribution in [0, 0.1) is 0 Å². The van der Waals surface area contributed by atoms with E-state index in [4.69, 9.17) is 4.74 Å². The highest BCUT2D eigenvalue weighted by Gasteiger charge is 2.26. The Kier molecular flexibility index (Phi) is 4.73. The maximum atomic E-state index is 12.9. The van der Waals surface area contributed by atoms with Crippen LogP contribution in [-0.2, 0) is 23.0 Å². The predicted octanol–water partition coefficient (Wildman–Crippen LogP) is 3.44. The van der Waals surface area contributed by atoms with Gasteiger partial charge in [0.05, 0.1) is 12.0 Å². The summed E-state index contributed by atoms with van der Waals surface area (Å²) in [4.78, 5) is 0.484. The largest absolute Gasteiger partial charge is 0.497 e. The average molecular weight is 343 g/mol. The van der Waals surface area contributed by atoms with Crippen LogP contribution in [0.3, 0.4) is 0 Å². The first-order chi connectivity index (χ1) is 11.5. The monoisotopic (exact) mass is 343 g/mol. The molecule has 24 heavy (non-hydrogen) atoms. The standard InChI is InChI=1S/C19H21NO3S/c1-20(14-15-7-10-18(23-2)11-8-15)24(21,22)19-12-9-16-5-3-4-6-17(16)13-19/h3-8,10-11,13H,9,12,14H2,1-2H3. The summed E-state index contributed by atoms with van der Waals surface area (Å²) in [6, 6.07) is 15.4. The smallest absolute Gasteiger partial charge is 0.239 e. The molecule has 1 aliphatic carbocycles. The van der Waals surface area contributed by atoms with Crippen molar-refractivity contribution in [3.8, 4) is 5.75 Å². The predicted molar refractivity (Wildman–Crippen MR) is 96.1 cm³/mol. The molecule has 0 saturated heterocycles. The molecule has 1 aliphatic rings. The Morgan fingerprint density at radius 3 is 2.46 bits per heavy atom. The van der Waals surface area contributed by atoms with Crippen molar-refractivity contribution >= 4 is 16.1 Å². The first-order valence-electron chi connectivity index (χ1n) is 7.88. The van der Waals surface area contributed by atoms with E-state index in [2.05, 4.69) is 6.07 Å². The first kappa shape index (κ1) is 16.7. The number of nitrogens with zero attached hydrogens (tertiary/aromatic N) is 1. The van der Waals surface area contributed by atoms with Crippen LogP contribution >= 0.6 is 0 Å². The van der Waals surface area contributed by atoms with Crippen molar-refractivity contribution in [3.63, 3.8) is 0 Å². The molecular formula is C19H21NO3S. The summed E-state index contributed by atoms with van der Waals surface area (Å²) in [6.07, 6.45) is 3.11. The molecule has 0 atom stereocenters. The molecule has 0 radical (unpaired) electrons. The second-order valence-electron chi connectivity index (χ2n) is 5.92. The molecule has 0 fully saturated rings. The van der Waals surface area contributed by atoms with Crippen LogP contribution < -0.4 is 4.74 Å². The molecule has 0 unspecified atom stereocenters. The molecular weight excluding hydrogens is 322 g/mol. The topological polar surface area (TPSA) is 46.6 Å². The van der Waals surface area contributed by atoms with E-state index in [-0.39, 0.29) is 0 Å². The number of hydrogen-bond acceptors (Lipinski definition) is 3. The molecule has 3 rings (SSSR count). The molecule has 5 heteroatoms. The molecule has 0 bridgehead atoms. The van der Waals surface area contributed by atoms with Gasteiger partial charge in [0.2, 0.25) is 10.0 Å². The van der Waals surface area contributed by atoms with Crippen LogP contribution in [0.4, 0.5) is 0 Å². The van der Waals surface area contributed by atoms with Crippen molar-refractivity contribution in [3.05, 3.63) is 70.1 Å². The van der Waals surface area contributed by atoms with Gasteiger partial charge in [-0.05, 0) is 47.7 Å². The minimum absolute atomic E-state index is 0.339. The van der Waals surface area contributed by atoms with Crippen molar-refractivity contribution < 1.29 is 13.2 Å². The van der Waals surface area contributed by atoms with Crippen molar-refractivity contribution in [2.45, 2.75) is 19.4 Å². The van der Waals surface area contributed by atoms with Gasteiger partial charge in [-0.3, -0.25) is 0 Å². The van der Waals surface area contributed by atoms with Gasteiger partial charge in [-0.15, -0.1) is 0 Å². The second kappa shape index (κ2) is 6.79. The van der Waals surface area contributed by atoms with Crippen molar-refractivity contribution in [1.29, 1.82) is 0 Å². The van der Waals surface area contributed by atoms with Gasteiger partial charge in [0, 0.05) is 13.6 Å². The molecule has 0 N–H and O–H groups in total. The summed E-state index contributed by atoms with van der Waals surface area (Å²) < 4.78 is 32.3. The van der Waals surface area contributed by atoms with Gasteiger partial charge in [-0.25, -0.2) is 8.42 Å². The number of aryl methyl sites for hydroxylation is 1. The Hall–Kier alpha value is -2.11. The van der Waals surface area contributed by atoms with Gasteiger partial charge in [0.1, 0.15) is 5.75 Å². The Bertz CT molecular complexity index is 854. The van der Waals surface area contributed by atoms with E-state index < -0.39 is 10.0 Å². The molecule has 0 spiro atoms. The zero-order valence-corrected chi connectivity index (χ0v) is 14.7. The summed E-state index contributed by atoms with van der Waals surface area (Å²) in [5, 5.41) is 0. The summed E-state index contributed by atoms with van der Waals surface area (Å²) in [7, 11) is -0.219. The van der Waals surface area contributed by atoms with Crippen LogP contribution in [0.5, 0.6) is 5.75 Å². The summed E-state index contributed by atoms with van der Waals surface area (Å²) in [6.45, 7) is 0.339. The van der Waals surface area contributed by atoms with E-state index in [0.717, 1.165) is 23.3 Å². The van der Waals surface area contributed by atoms with E-state index in [1.807, 2.05) is 42.5 Å². The highest BCUT2D eigenvalue weighted by molar-refractivity contribution is 7.93. The molecule has 0 amide bonds. The molecule has 126 valence electrons. The third-order valence-corrected chi connectivity index (χ3v) is 6.25. The van der Waals surface area contributed by atoms with Gasteiger partial charge in [-0.2, -0.15) is 4.31 Å². The Morgan fingerprint density at radius 2 is 1.75 bits per heavy atom. The Morgan fingerprint density at radius 1 is 1.04 bits per heavy atom.